The van der Waals surface area contributed by atoms with Crippen LogP contribution in [-0.4, -0.2) is 14.8 Å². The number of rotatable bonds is 3. The Morgan fingerprint density at radius 2 is 1.09 bits per heavy atom. The van der Waals surface area contributed by atoms with Gasteiger partial charge in [-0.3, -0.25) is 0 Å². The highest BCUT2D eigenvalue weighted by atomic mass is 32.1. The summed E-state index contributed by atoms with van der Waals surface area (Å²) in [6.45, 7) is 7.12. The predicted molar refractivity (Wildman–Crippen MR) is 249 cm³/mol. The molecule has 0 saturated heterocycles. The van der Waals surface area contributed by atoms with Crippen LogP contribution in [0, 0.1) is 0 Å². The molecule has 0 fully saturated rings. The van der Waals surface area contributed by atoms with Gasteiger partial charge < -0.3 is 9.80 Å². The molecule has 9 aromatic rings. The van der Waals surface area contributed by atoms with Crippen LogP contribution in [0.3, 0.4) is 0 Å². The van der Waals surface area contributed by atoms with Crippen molar-refractivity contribution in [2.45, 2.75) is 26.2 Å². The summed E-state index contributed by atoms with van der Waals surface area (Å²) in [7, 11) is -2.81. The fourth-order valence-electron chi connectivity index (χ4n) is 10.4. The van der Waals surface area contributed by atoms with Gasteiger partial charge in [-0.15, -0.1) is 11.3 Å². The second-order valence-corrected chi connectivity index (χ2v) is 21.7. The zero-order valence-electron chi connectivity index (χ0n) is 32.2. The van der Waals surface area contributed by atoms with Crippen molar-refractivity contribution >= 4 is 118 Å². The number of fused-ring (bicyclic) bond motifs is 9. The Morgan fingerprint density at radius 1 is 0.474 bits per heavy atom. The van der Waals surface area contributed by atoms with Gasteiger partial charge in [-0.25, -0.2) is 0 Å². The first-order valence-corrected chi connectivity index (χ1v) is 22.9. The second-order valence-electron chi connectivity index (χ2n) is 16.9. The number of para-hydroxylation sites is 3. The third-order valence-corrected chi connectivity index (χ3v) is 18.8. The Bertz CT molecular complexity index is 3040. The second kappa shape index (κ2) is 11.9. The molecule has 270 valence electrons. The van der Waals surface area contributed by atoms with Crippen molar-refractivity contribution in [1.29, 1.82) is 0 Å². The van der Waals surface area contributed by atoms with Gasteiger partial charge in [0.2, 0.25) is 0 Å². The van der Waals surface area contributed by atoms with E-state index in [1.807, 2.05) is 11.3 Å². The van der Waals surface area contributed by atoms with Crippen molar-refractivity contribution in [3.8, 4) is 0 Å². The van der Waals surface area contributed by atoms with Crippen molar-refractivity contribution in [3.63, 3.8) is 0 Å². The largest absolute Gasteiger partial charge is 0.312 e. The van der Waals surface area contributed by atoms with E-state index >= 15 is 0 Å². The van der Waals surface area contributed by atoms with Crippen LogP contribution in [0.2, 0.25) is 0 Å². The van der Waals surface area contributed by atoms with Crippen LogP contribution < -0.4 is 46.9 Å². The van der Waals surface area contributed by atoms with Crippen molar-refractivity contribution in [2.24, 2.45) is 0 Å². The number of thiophene rings is 1. The topological polar surface area (TPSA) is 6.48 Å². The van der Waals surface area contributed by atoms with E-state index in [4.69, 9.17) is 0 Å². The highest BCUT2D eigenvalue weighted by molar-refractivity contribution is 7.26. The lowest BCUT2D eigenvalue weighted by Crippen LogP contribution is -2.79. The van der Waals surface area contributed by atoms with E-state index in [1.54, 1.807) is 0 Å². The molecule has 3 aliphatic rings. The number of hydrogen-bond acceptors (Lipinski definition) is 3. The van der Waals surface area contributed by atoms with Crippen LogP contribution >= 0.6 is 11.3 Å². The van der Waals surface area contributed by atoms with Gasteiger partial charge >= 0.3 is 0 Å². The molecule has 0 amide bonds. The first-order chi connectivity index (χ1) is 27.9. The lowest BCUT2D eigenvalue weighted by Gasteiger charge is -2.51. The van der Waals surface area contributed by atoms with Crippen LogP contribution in [-0.2, 0) is 5.41 Å². The van der Waals surface area contributed by atoms with E-state index in [2.05, 4.69) is 213 Å². The van der Waals surface area contributed by atoms with E-state index in [-0.39, 0.29) is 12.1 Å². The SMILES string of the molecule is CC(C)(C)c1cc2c3c(c1)N1c4ccccc4[Si](c4ccccc4)(c4ccccc4)c4cccc(c41)B3c1cc3sc4ccccc4c3cc1N2c1ccccc1. The first kappa shape index (κ1) is 33.0. The zero-order chi connectivity index (χ0) is 38.0. The molecule has 57 heavy (non-hydrogen) atoms. The van der Waals surface area contributed by atoms with Gasteiger partial charge in [0.15, 0.2) is 8.07 Å². The molecule has 0 spiro atoms. The van der Waals surface area contributed by atoms with Gasteiger partial charge in [0.25, 0.3) is 6.71 Å². The highest BCUT2D eigenvalue weighted by Gasteiger charge is 2.53. The molecule has 0 aliphatic carbocycles. The summed E-state index contributed by atoms with van der Waals surface area (Å²) in [5.74, 6) is 0. The van der Waals surface area contributed by atoms with E-state index in [0.717, 1.165) is 0 Å². The maximum Gasteiger partial charge on any atom is 0.252 e. The molecule has 0 N–H and O–H groups in total. The molecule has 12 rings (SSSR count). The fraction of sp³-hybridized carbons (Fsp3) is 0.0769. The third-order valence-electron chi connectivity index (χ3n) is 12.8. The minimum atomic E-state index is -2.81. The van der Waals surface area contributed by atoms with Crippen LogP contribution in [0.5, 0.6) is 0 Å². The van der Waals surface area contributed by atoms with Gasteiger partial charge in [0.05, 0.1) is 0 Å². The van der Waals surface area contributed by atoms with Crippen molar-refractivity contribution < 1.29 is 0 Å². The lowest BCUT2D eigenvalue weighted by atomic mass is 9.33. The maximum atomic E-state index is 2.67. The van der Waals surface area contributed by atoms with Crippen LogP contribution in [0.4, 0.5) is 34.1 Å². The van der Waals surface area contributed by atoms with Crippen LogP contribution in [0.25, 0.3) is 20.2 Å². The highest BCUT2D eigenvalue weighted by Crippen LogP contribution is 2.48. The minimum absolute atomic E-state index is 0.0447. The van der Waals surface area contributed by atoms with E-state index in [1.165, 1.54) is 97.0 Å². The molecule has 4 heterocycles. The van der Waals surface area contributed by atoms with E-state index in [9.17, 15) is 0 Å². The van der Waals surface area contributed by atoms with E-state index in [0.29, 0.717) is 0 Å². The number of nitrogens with zero attached hydrogens (tertiary/aromatic N) is 2. The summed E-state index contributed by atoms with van der Waals surface area (Å²) in [6, 6.07) is 69.5. The Kier molecular flexibility index (Phi) is 6.92. The summed E-state index contributed by atoms with van der Waals surface area (Å²) in [6.07, 6.45) is 0. The quantitative estimate of drug-likeness (QED) is 0.166. The lowest BCUT2D eigenvalue weighted by molar-refractivity contribution is 0.590. The van der Waals surface area contributed by atoms with E-state index < -0.39 is 8.07 Å². The van der Waals surface area contributed by atoms with Crippen LogP contribution in [0.15, 0.2) is 182 Å². The molecule has 1 aromatic heterocycles. The molecule has 3 aliphatic heterocycles. The monoisotopic (exact) mass is 762 g/mol. The van der Waals surface area contributed by atoms with Gasteiger partial charge in [-0.2, -0.15) is 0 Å². The maximum absolute atomic E-state index is 2.81. The molecule has 2 nitrogen and oxygen atoms in total. The Hall–Kier alpha value is -6.14. The number of anilines is 6. The van der Waals surface area contributed by atoms with Gasteiger partial charge in [0, 0.05) is 54.3 Å². The smallest absolute Gasteiger partial charge is 0.252 e. The summed E-state index contributed by atoms with van der Waals surface area (Å²) in [4.78, 5) is 5.25. The average Bonchev–Trinajstić information content (AvgIpc) is 3.62. The molecule has 8 aromatic carbocycles. The molecule has 0 atom stereocenters. The Labute approximate surface area is 339 Å². The molecular formula is C52H39BN2SSi. The normalized spacial score (nSPS) is 14.6. The summed E-state index contributed by atoms with van der Waals surface area (Å²) >= 11 is 1.92. The number of hydrogen-bond donors (Lipinski definition) is 0. The van der Waals surface area contributed by atoms with Gasteiger partial charge in [0.1, 0.15) is 0 Å². The average molecular weight is 763 g/mol. The predicted octanol–water partition coefficient (Wildman–Crippen LogP) is 9.13. The third kappa shape index (κ3) is 4.47. The van der Waals surface area contributed by atoms with Crippen LogP contribution in [0.1, 0.15) is 26.3 Å². The molecule has 0 unspecified atom stereocenters. The van der Waals surface area contributed by atoms with Crippen molar-refractivity contribution in [1.82, 2.24) is 0 Å². The molecule has 0 saturated carbocycles. The van der Waals surface area contributed by atoms with Crippen molar-refractivity contribution in [2.75, 3.05) is 9.80 Å². The standard InChI is InChI=1S/C52H39BN2SSi/c1-52(2,3)34-30-44-50-45(31-34)55-42-26-14-16-28-48(42)57(36-20-9-5-10-21-36,37-22-11-6-12-23-37)49-29-17-25-40(51(49)55)53(50)41-33-47-39(38-24-13-15-27-46(38)56-47)32-43(41)54(44)35-18-7-4-8-19-35/h4-33H,1-3H3. The van der Waals surface area contributed by atoms with Gasteiger partial charge in [-0.1, -0.05) is 154 Å². The minimum Gasteiger partial charge on any atom is -0.312 e. The first-order valence-electron chi connectivity index (χ1n) is 20.1. The summed E-state index contributed by atoms with van der Waals surface area (Å²) in [5, 5.41) is 8.37. The number of benzene rings is 8. The Morgan fingerprint density at radius 3 is 1.81 bits per heavy atom. The molecular weight excluding hydrogens is 724 g/mol. The van der Waals surface area contributed by atoms with Gasteiger partial charge in [-0.05, 0) is 96.6 Å². The molecule has 0 bridgehead atoms. The summed E-state index contributed by atoms with van der Waals surface area (Å²) in [5.41, 5.74) is 13.1. The molecule has 0 radical (unpaired) electrons. The van der Waals surface area contributed by atoms with Crippen molar-refractivity contribution in [3.05, 3.63) is 188 Å². The zero-order valence-corrected chi connectivity index (χ0v) is 34.0. The summed E-state index contributed by atoms with van der Waals surface area (Å²) < 4.78 is 2.67. The fourth-order valence-corrected chi connectivity index (χ4v) is 16.7. The Balaban J connectivity index is 1.26. The molecule has 5 heteroatoms.